The molecule has 0 aliphatic heterocycles. The van der Waals surface area contributed by atoms with Crippen LogP contribution in [0.25, 0.3) is 0 Å². The highest BCUT2D eigenvalue weighted by Crippen LogP contribution is 2.89. The number of fused-ring (bicyclic) bond motifs is 1. The third-order valence-electron chi connectivity index (χ3n) is 7.30. The second-order valence-electron chi connectivity index (χ2n) is 7.74. The quantitative estimate of drug-likeness (QED) is 0.781. The van der Waals surface area contributed by atoms with E-state index in [2.05, 4.69) is 5.32 Å². The molecule has 2 nitrogen and oxygen atoms in total. The van der Waals surface area contributed by atoms with Crippen LogP contribution in [-0.2, 0) is 4.79 Å². The summed E-state index contributed by atoms with van der Waals surface area (Å²) in [6.07, 6.45) is 4.24. The van der Waals surface area contributed by atoms with E-state index < -0.39 is 0 Å². The molecule has 7 saturated carbocycles. The van der Waals surface area contributed by atoms with Crippen LogP contribution in [0.3, 0.4) is 0 Å². The van der Waals surface area contributed by atoms with Crippen molar-refractivity contribution < 1.29 is 4.79 Å². The van der Waals surface area contributed by atoms with E-state index >= 15 is 0 Å². The molecular formula is C15H19NO. The van der Waals surface area contributed by atoms with Gasteiger partial charge >= 0.3 is 0 Å². The topological polar surface area (TPSA) is 29.1 Å². The van der Waals surface area contributed by atoms with E-state index in [0.29, 0.717) is 11.8 Å². The van der Waals surface area contributed by atoms with Gasteiger partial charge in [-0.15, -0.1) is 0 Å². The minimum atomic E-state index is 0.431. The Morgan fingerprint density at radius 3 is 2.06 bits per heavy atom. The number of carbonyl (C=O) groups is 1. The minimum Gasteiger partial charge on any atom is -0.356 e. The van der Waals surface area contributed by atoms with Crippen LogP contribution in [0.5, 0.6) is 0 Å². The van der Waals surface area contributed by atoms with Gasteiger partial charge in [-0.1, -0.05) is 0 Å². The first-order valence-electron chi connectivity index (χ1n) is 7.64. The highest BCUT2D eigenvalue weighted by molar-refractivity contribution is 5.83. The predicted octanol–water partition coefficient (Wildman–Crippen LogP) is 1.52. The fourth-order valence-electron chi connectivity index (χ4n) is 6.75. The molecule has 0 aromatic rings. The van der Waals surface area contributed by atoms with Gasteiger partial charge in [0.2, 0.25) is 5.91 Å². The molecule has 0 heterocycles. The molecule has 0 spiro atoms. The smallest absolute Gasteiger partial charge is 0.223 e. The summed E-state index contributed by atoms with van der Waals surface area (Å²) in [6.45, 7) is 0.975. The van der Waals surface area contributed by atoms with E-state index in [1.807, 2.05) is 0 Å². The summed E-state index contributed by atoms with van der Waals surface area (Å²) in [5, 5.41) is 3.22. The fourth-order valence-corrected chi connectivity index (χ4v) is 6.75. The molecule has 7 aliphatic carbocycles. The molecule has 3 unspecified atom stereocenters. The Morgan fingerprint density at radius 2 is 1.53 bits per heavy atom. The second kappa shape index (κ2) is 2.31. The molecule has 0 radical (unpaired) electrons. The van der Waals surface area contributed by atoms with Gasteiger partial charge in [0.25, 0.3) is 0 Å². The fraction of sp³-hybridized carbons (Fsp3) is 0.933. The van der Waals surface area contributed by atoms with Crippen molar-refractivity contribution in [2.24, 2.45) is 59.2 Å². The third-order valence-corrected chi connectivity index (χ3v) is 7.30. The second-order valence-corrected chi connectivity index (χ2v) is 7.74. The van der Waals surface area contributed by atoms with Gasteiger partial charge in [-0.2, -0.15) is 0 Å². The molecule has 7 aliphatic rings. The largest absolute Gasteiger partial charge is 0.356 e. The van der Waals surface area contributed by atoms with E-state index in [1.165, 1.54) is 12.8 Å². The maximum atomic E-state index is 12.2. The van der Waals surface area contributed by atoms with Gasteiger partial charge in [0.15, 0.2) is 0 Å². The summed E-state index contributed by atoms with van der Waals surface area (Å²) in [4.78, 5) is 12.2. The summed E-state index contributed by atoms with van der Waals surface area (Å²) in [5.41, 5.74) is 0. The van der Waals surface area contributed by atoms with Crippen LogP contribution in [0.15, 0.2) is 0 Å². The normalized spacial score (nSPS) is 66.9. The van der Waals surface area contributed by atoms with Gasteiger partial charge in [-0.05, 0) is 72.5 Å². The zero-order chi connectivity index (χ0) is 10.9. The van der Waals surface area contributed by atoms with Crippen LogP contribution in [-0.4, -0.2) is 12.5 Å². The van der Waals surface area contributed by atoms with Crippen molar-refractivity contribution in [1.82, 2.24) is 5.32 Å². The van der Waals surface area contributed by atoms with Crippen LogP contribution in [0.1, 0.15) is 19.3 Å². The maximum Gasteiger partial charge on any atom is 0.223 e. The Kier molecular flexibility index (Phi) is 1.16. The zero-order valence-electron chi connectivity index (χ0n) is 10.0. The number of nitrogens with one attached hydrogen (secondary N) is 1. The van der Waals surface area contributed by atoms with Gasteiger partial charge in [0.05, 0.1) is 0 Å². The van der Waals surface area contributed by atoms with Gasteiger partial charge < -0.3 is 5.32 Å². The molecule has 90 valence electrons. The van der Waals surface area contributed by atoms with Crippen LogP contribution in [0.4, 0.5) is 0 Å². The lowest BCUT2D eigenvalue weighted by atomic mass is 9.91. The van der Waals surface area contributed by atoms with E-state index in [4.69, 9.17) is 0 Å². The number of carbonyl (C=O) groups excluding carboxylic acids is 1. The highest BCUT2D eigenvalue weighted by atomic mass is 16.2. The summed E-state index contributed by atoms with van der Waals surface area (Å²) in [5.74, 6) is 9.86. The van der Waals surface area contributed by atoms with Crippen molar-refractivity contribution in [2.75, 3.05) is 6.54 Å². The van der Waals surface area contributed by atoms with Gasteiger partial charge in [-0.3, -0.25) is 4.79 Å². The van der Waals surface area contributed by atoms with Crippen molar-refractivity contribution in [2.45, 2.75) is 19.3 Å². The first kappa shape index (κ1) is 8.55. The summed E-state index contributed by atoms with van der Waals surface area (Å²) in [6, 6.07) is 0. The van der Waals surface area contributed by atoms with Crippen molar-refractivity contribution in [3.63, 3.8) is 0 Å². The molecule has 0 saturated heterocycles. The molecule has 9 atom stereocenters. The molecule has 0 aromatic heterocycles. The highest BCUT2D eigenvalue weighted by Gasteiger charge is 2.87. The van der Waals surface area contributed by atoms with E-state index in [0.717, 1.165) is 59.8 Å². The predicted molar refractivity (Wildman–Crippen MR) is 61.8 cm³/mol. The Morgan fingerprint density at radius 1 is 0.941 bits per heavy atom. The molecule has 6 bridgehead atoms. The zero-order valence-corrected chi connectivity index (χ0v) is 10.0. The lowest BCUT2D eigenvalue weighted by molar-refractivity contribution is -0.123. The van der Waals surface area contributed by atoms with Gasteiger partial charge in [0, 0.05) is 12.5 Å². The van der Waals surface area contributed by atoms with Crippen LogP contribution >= 0.6 is 0 Å². The molecule has 7 rings (SSSR count). The van der Waals surface area contributed by atoms with Crippen LogP contribution in [0.2, 0.25) is 0 Å². The summed E-state index contributed by atoms with van der Waals surface area (Å²) >= 11 is 0. The van der Waals surface area contributed by atoms with Crippen molar-refractivity contribution >= 4 is 5.91 Å². The molecule has 1 N–H and O–H groups in total. The lowest BCUT2D eigenvalue weighted by Gasteiger charge is -2.16. The summed E-state index contributed by atoms with van der Waals surface area (Å²) < 4.78 is 0. The monoisotopic (exact) mass is 229 g/mol. The Labute approximate surface area is 102 Å². The molecule has 2 heteroatoms. The molecule has 1 amide bonds. The Bertz CT molecular complexity index is 418. The maximum absolute atomic E-state index is 12.2. The number of hydrogen-bond donors (Lipinski definition) is 1. The Hall–Kier alpha value is -0.530. The van der Waals surface area contributed by atoms with Crippen molar-refractivity contribution in [1.29, 1.82) is 0 Å². The SMILES string of the molecule is O=C(NCC1CC1)C1[C@@H]2[C@@H]3C4CC5[C@H]([C@H]53)[C@H]4[C@@H]12. The lowest BCUT2D eigenvalue weighted by Crippen LogP contribution is -2.30. The standard InChI is InChI=1S/C15H19NO/c17-15(16-4-5-1-2-5)14-12-10-7-3-6-8(10)9(6)11(7)13(12)14/h5-14H,1-4H2,(H,16,17)/t6?,7?,8-,9+,10+,11-,12-,13-,14?/m1/s1. The molecule has 17 heavy (non-hydrogen) atoms. The number of amides is 1. The van der Waals surface area contributed by atoms with E-state index in [9.17, 15) is 4.79 Å². The number of rotatable bonds is 3. The van der Waals surface area contributed by atoms with Gasteiger partial charge in [0.1, 0.15) is 0 Å². The third kappa shape index (κ3) is 0.794. The Balaban J connectivity index is 1.22. The van der Waals surface area contributed by atoms with Crippen LogP contribution < -0.4 is 5.32 Å². The van der Waals surface area contributed by atoms with Crippen LogP contribution in [0, 0.1) is 59.2 Å². The van der Waals surface area contributed by atoms with Crippen molar-refractivity contribution in [3.8, 4) is 0 Å². The minimum absolute atomic E-state index is 0.431. The molecule has 0 aromatic carbocycles. The summed E-state index contributed by atoms with van der Waals surface area (Å²) in [7, 11) is 0. The van der Waals surface area contributed by atoms with E-state index in [-0.39, 0.29) is 0 Å². The molecular weight excluding hydrogens is 210 g/mol. The first-order chi connectivity index (χ1) is 8.36. The molecule has 7 fully saturated rings. The first-order valence-corrected chi connectivity index (χ1v) is 7.64. The van der Waals surface area contributed by atoms with E-state index in [1.54, 1.807) is 6.42 Å². The van der Waals surface area contributed by atoms with Gasteiger partial charge in [-0.25, -0.2) is 0 Å². The average molecular weight is 229 g/mol. The average Bonchev–Trinajstić information content (AvgIpc) is 3.28. The number of hydrogen-bond acceptors (Lipinski definition) is 1. The van der Waals surface area contributed by atoms with Crippen molar-refractivity contribution in [3.05, 3.63) is 0 Å².